The number of hydrogen-bond donors (Lipinski definition) is 1. The lowest BCUT2D eigenvalue weighted by Gasteiger charge is -2.19. The Morgan fingerprint density at radius 1 is 1.23 bits per heavy atom. The minimum atomic E-state index is -0.133. The first kappa shape index (κ1) is 16.8. The molecule has 0 radical (unpaired) electrons. The SMILES string of the molecule is COc1cc(C)c(C(C)NC(=O)c2csc(Br)c2)cc1OC. The molecule has 0 aliphatic heterocycles. The summed E-state index contributed by atoms with van der Waals surface area (Å²) in [6, 6.07) is 5.50. The van der Waals surface area contributed by atoms with Crippen LogP contribution < -0.4 is 14.8 Å². The first-order chi connectivity index (χ1) is 10.5. The van der Waals surface area contributed by atoms with Gasteiger partial charge in [-0.3, -0.25) is 4.79 Å². The molecule has 0 saturated carbocycles. The van der Waals surface area contributed by atoms with Crippen LogP contribution >= 0.6 is 27.3 Å². The molecule has 0 aliphatic carbocycles. The molecule has 0 spiro atoms. The molecule has 0 fully saturated rings. The molecule has 4 nitrogen and oxygen atoms in total. The number of carbonyl (C=O) groups is 1. The molecule has 6 heteroatoms. The van der Waals surface area contributed by atoms with E-state index in [0.29, 0.717) is 17.1 Å². The van der Waals surface area contributed by atoms with Crippen molar-refractivity contribution in [2.24, 2.45) is 0 Å². The quantitative estimate of drug-likeness (QED) is 0.835. The summed E-state index contributed by atoms with van der Waals surface area (Å²) in [7, 11) is 3.21. The number of thiophene rings is 1. The van der Waals surface area contributed by atoms with Gasteiger partial charge in [-0.25, -0.2) is 0 Å². The monoisotopic (exact) mass is 383 g/mol. The van der Waals surface area contributed by atoms with E-state index in [0.717, 1.165) is 14.9 Å². The van der Waals surface area contributed by atoms with Crippen molar-refractivity contribution in [3.8, 4) is 11.5 Å². The van der Waals surface area contributed by atoms with Crippen LogP contribution in [-0.4, -0.2) is 20.1 Å². The lowest BCUT2D eigenvalue weighted by Crippen LogP contribution is -2.26. The van der Waals surface area contributed by atoms with E-state index in [1.165, 1.54) is 11.3 Å². The fourth-order valence-electron chi connectivity index (χ4n) is 2.25. The highest BCUT2D eigenvalue weighted by Gasteiger charge is 2.17. The number of carbonyl (C=O) groups excluding carboxylic acids is 1. The highest BCUT2D eigenvalue weighted by molar-refractivity contribution is 9.11. The van der Waals surface area contributed by atoms with Crippen molar-refractivity contribution in [1.29, 1.82) is 0 Å². The van der Waals surface area contributed by atoms with Crippen molar-refractivity contribution in [2.45, 2.75) is 19.9 Å². The summed E-state index contributed by atoms with van der Waals surface area (Å²) < 4.78 is 11.6. The zero-order valence-electron chi connectivity index (χ0n) is 12.9. The summed E-state index contributed by atoms with van der Waals surface area (Å²) in [5, 5.41) is 4.83. The molecule has 22 heavy (non-hydrogen) atoms. The second-order valence-electron chi connectivity index (χ2n) is 4.90. The zero-order valence-corrected chi connectivity index (χ0v) is 15.3. The number of nitrogens with one attached hydrogen (secondary N) is 1. The van der Waals surface area contributed by atoms with Gasteiger partial charge in [0.05, 0.1) is 29.6 Å². The standard InChI is InChI=1S/C16H18BrNO3S/c1-9-5-13(20-3)14(21-4)7-12(9)10(2)18-16(19)11-6-15(17)22-8-11/h5-8,10H,1-4H3,(H,18,19). The number of ether oxygens (including phenoxy) is 2. The molecule has 1 atom stereocenters. The second kappa shape index (κ2) is 7.15. The average Bonchev–Trinajstić information content (AvgIpc) is 2.93. The minimum Gasteiger partial charge on any atom is -0.493 e. The maximum Gasteiger partial charge on any atom is 0.252 e. The number of benzene rings is 1. The van der Waals surface area contributed by atoms with Crippen molar-refractivity contribution in [3.63, 3.8) is 0 Å². The Morgan fingerprint density at radius 2 is 1.86 bits per heavy atom. The molecule has 1 unspecified atom stereocenters. The Balaban J connectivity index is 2.22. The molecular weight excluding hydrogens is 366 g/mol. The summed E-state index contributed by atoms with van der Waals surface area (Å²) in [4.78, 5) is 12.2. The fraction of sp³-hybridized carbons (Fsp3) is 0.312. The van der Waals surface area contributed by atoms with Crippen LogP contribution in [0.1, 0.15) is 34.5 Å². The van der Waals surface area contributed by atoms with Crippen LogP contribution in [0, 0.1) is 6.92 Å². The van der Waals surface area contributed by atoms with Crippen molar-refractivity contribution < 1.29 is 14.3 Å². The van der Waals surface area contributed by atoms with Crippen molar-refractivity contribution >= 4 is 33.2 Å². The van der Waals surface area contributed by atoms with Gasteiger partial charge in [-0.05, 0) is 59.1 Å². The number of aryl methyl sites for hydroxylation is 1. The second-order valence-corrected chi connectivity index (χ2v) is 7.19. The summed E-state index contributed by atoms with van der Waals surface area (Å²) in [6.45, 7) is 3.94. The van der Waals surface area contributed by atoms with E-state index in [2.05, 4.69) is 21.2 Å². The van der Waals surface area contributed by atoms with Gasteiger partial charge in [0.25, 0.3) is 5.91 Å². The lowest BCUT2D eigenvalue weighted by molar-refractivity contribution is 0.0940. The Bertz CT molecular complexity index is 684. The molecule has 1 aromatic heterocycles. The summed E-state index contributed by atoms with van der Waals surface area (Å²) >= 11 is 4.86. The molecule has 1 amide bonds. The van der Waals surface area contributed by atoms with Gasteiger partial charge in [0, 0.05) is 5.38 Å². The third-order valence-electron chi connectivity index (χ3n) is 3.42. The normalized spacial score (nSPS) is 11.9. The Morgan fingerprint density at radius 3 is 2.41 bits per heavy atom. The molecule has 0 saturated heterocycles. The van der Waals surface area contributed by atoms with E-state index in [1.807, 2.05) is 37.4 Å². The first-order valence-electron chi connectivity index (χ1n) is 6.73. The molecule has 118 valence electrons. The first-order valence-corrected chi connectivity index (χ1v) is 8.41. The molecule has 2 aromatic rings. The minimum absolute atomic E-state index is 0.0939. The van der Waals surface area contributed by atoms with E-state index in [9.17, 15) is 4.79 Å². The molecular formula is C16H18BrNO3S. The van der Waals surface area contributed by atoms with Crippen LogP contribution in [0.3, 0.4) is 0 Å². The summed E-state index contributed by atoms with van der Waals surface area (Å²) in [5.74, 6) is 1.25. The van der Waals surface area contributed by atoms with Crippen molar-refractivity contribution in [1.82, 2.24) is 5.32 Å². The van der Waals surface area contributed by atoms with E-state index < -0.39 is 0 Å². The fourth-order valence-corrected chi connectivity index (χ4v) is 3.39. The van der Waals surface area contributed by atoms with Gasteiger partial charge in [-0.2, -0.15) is 0 Å². The van der Waals surface area contributed by atoms with Crippen LogP contribution in [0.4, 0.5) is 0 Å². The van der Waals surface area contributed by atoms with Gasteiger partial charge in [-0.15, -0.1) is 11.3 Å². The number of hydrogen-bond acceptors (Lipinski definition) is 4. The lowest BCUT2D eigenvalue weighted by atomic mass is 10.0. The van der Waals surface area contributed by atoms with Crippen LogP contribution in [0.5, 0.6) is 11.5 Å². The van der Waals surface area contributed by atoms with Gasteiger partial charge in [0.1, 0.15) is 0 Å². The van der Waals surface area contributed by atoms with E-state index in [1.54, 1.807) is 14.2 Å². The number of halogens is 1. The van der Waals surface area contributed by atoms with Gasteiger partial charge in [-0.1, -0.05) is 0 Å². The van der Waals surface area contributed by atoms with Gasteiger partial charge in [0.15, 0.2) is 11.5 Å². The third kappa shape index (κ3) is 3.62. The van der Waals surface area contributed by atoms with Crippen molar-refractivity contribution in [3.05, 3.63) is 44.1 Å². The maximum atomic E-state index is 12.2. The van der Waals surface area contributed by atoms with E-state index in [-0.39, 0.29) is 11.9 Å². The molecule has 0 aliphatic rings. The largest absolute Gasteiger partial charge is 0.493 e. The number of rotatable bonds is 5. The van der Waals surface area contributed by atoms with Crippen LogP contribution in [0.25, 0.3) is 0 Å². The molecule has 0 bridgehead atoms. The molecule has 1 N–H and O–H groups in total. The summed E-state index contributed by atoms with van der Waals surface area (Å²) in [5.41, 5.74) is 2.69. The highest BCUT2D eigenvalue weighted by atomic mass is 79.9. The van der Waals surface area contributed by atoms with E-state index >= 15 is 0 Å². The van der Waals surface area contributed by atoms with Crippen LogP contribution in [0.2, 0.25) is 0 Å². The third-order valence-corrected chi connectivity index (χ3v) is 4.92. The Labute approximate surface area is 142 Å². The van der Waals surface area contributed by atoms with Gasteiger partial charge in [0.2, 0.25) is 0 Å². The van der Waals surface area contributed by atoms with Crippen LogP contribution in [-0.2, 0) is 0 Å². The predicted molar refractivity (Wildman–Crippen MR) is 92.2 cm³/mol. The Hall–Kier alpha value is -1.53. The molecule has 1 heterocycles. The van der Waals surface area contributed by atoms with Gasteiger partial charge >= 0.3 is 0 Å². The van der Waals surface area contributed by atoms with Gasteiger partial charge < -0.3 is 14.8 Å². The number of methoxy groups -OCH3 is 2. The maximum absolute atomic E-state index is 12.2. The number of amides is 1. The topological polar surface area (TPSA) is 47.6 Å². The molecule has 2 rings (SSSR count). The smallest absolute Gasteiger partial charge is 0.252 e. The zero-order chi connectivity index (χ0) is 16.3. The average molecular weight is 384 g/mol. The predicted octanol–water partition coefficient (Wildman–Crippen LogP) is 4.33. The summed E-state index contributed by atoms with van der Waals surface area (Å²) in [6.07, 6.45) is 0. The van der Waals surface area contributed by atoms with E-state index in [4.69, 9.17) is 9.47 Å². The molecule has 1 aromatic carbocycles. The van der Waals surface area contributed by atoms with Crippen LogP contribution in [0.15, 0.2) is 27.4 Å². The highest BCUT2D eigenvalue weighted by Crippen LogP contribution is 2.33. The van der Waals surface area contributed by atoms with Crippen molar-refractivity contribution in [2.75, 3.05) is 14.2 Å². The Kier molecular flexibility index (Phi) is 5.47.